The van der Waals surface area contributed by atoms with E-state index in [-0.39, 0.29) is 0 Å². The molecule has 62 heavy (non-hydrogen) atoms. The molecule has 0 amide bonds. The molecule has 0 N–H and O–H groups in total. The van der Waals surface area contributed by atoms with Crippen molar-refractivity contribution in [1.82, 2.24) is 0 Å². The smallest absolute Gasteiger partial charge is 0.0640 e. The molecular formula is C60H39NS. The largest absolute Gasteiger partial charge is 0.308 e. The normalized spacial score (nSPS) is 11.5. The highest BCUT2D eigenvalue weighted by Gasteiger charge is 2.26. The highest BCUT2D eigenvalue weighted by Crippen LogP contribution is 2.53. The Morgan fingerprint density at radius 2 is 0.774 bits per heavy atom. The van der Waals surface area contributed by atoms with Gasteiger partial charge < -0.3 is 4.90 Å². The summed E-state index contributed by atoms with van der Waals surface area (Å²) in [7, 11) is 0. The fourth-order valence-corrected chi connectivity index (χ4v) is 10.8. The molecule has 0 saturated heterocycles. The first kappa shape index (κ1) is 36.1. The number of hydrogen-bond acceptors (Lipinski definition) is 2. The van der Waals surface area contributed by atoms with Crippen LogP contribution in [0.2, 0.25) is 0 Å². The fourth-order valence-electron chi connectivity index (χ4n) is 9.62. The summed E-state index contributed by atoms with van der Waals surface area (Å²) in [6.07, 6.45) is 0. The standard InChI is InChI=1S/C60H39NS/c1-2-16-42(17-3-1)46-20-6-7-21-47(46)44-34-32-40(33-35-44)41-36-38-45(39-37-41)61(56-30-15-29-55-51-25-12-13-31-57(51)62-60(55)56)59-54-27-11-9-24-50(54)49-23-8-10-26-53(49)58(59)52-28-14-19-43-18-4-5-22-48(43)52/h1-39H. The molecule has 0 aliphatic rings. The Hall–Kier alpha value is -7.78. The number of rotatable bonds is 7. The molecule has 0 atom stereocenters. The second kappa shape index (κ2) is 15.0. The zero-order valence-electron chi connectivity index (χ0n) is 33.9. The third-order valence-corrected chi connectivity index (χ3v) is 13.7. The van der Waals surface area contributed by atoms with E-state index >= 15 is 0 Å². The van der Waals surface area contributed by atoms with Crippen LogP contribution in [0.4, 0.5) is 17.1 Å². The molecule has 2 heteroatoms. The quantitative estimate of drug-likeness (QED) is 0.145. The predicted octanol–water partition coefficient (Wildman–Crippen LogP) is 17.7. The Morgan fingerprint density at radius 1 is 0.290 bits per heavy atom. The summed E-state index contributed by atoms with van der Waals surface area (Å²) in [6.45, 7) is 0. The number of anilines is 3. The first-order valence-electron chi connectivity index (χ1n) is 21.3. The van der Waals surface area contributed by atoms with Gasteiger partial charge in [-0.15, -0.1) is 11.3 Å². The van der Waals surface area contributed by atoms with Gasteiger partial charge in [0.2, 0.25) is 0 Å². The third kappa shape index (κ3) is 5.99. The topological polar surface area (TPSA) is 3.24 Å². The Kier molecular flexibility index (Phi) is 8.76. The molecule has 0 aliphatic carbocycles. The van der Waals surface area contributed by atoms with Gasteiger partial charge in [-0.25, -0.2) is 0 Å². The van der Waals surface area contributed by atoms with Crippen LogP contribution >= 0.6 is 11.3 Å². The molecule has 1 heterocycles. The molecule has 1 aromatic heterocycles. The highest BCUT2D eigenvalue weighted by molar-refractivity contribution is 7.26. The summed E-state index contributed by atoms with van der Waals surface area (Å²) in [5, 5.41) is 9.96. The molecule has 0 saturated carbocycles. The van der Waals surface area contributed by atoms with Gasteiger partial charge in [-0.2, -0.15) is 0 Å². The van der Waals surface area contributed by atoms with Crippen molar-refractivity contribution < 1.29 is 0 Å². The molecule has 0 unspecified atom stereocenters. The van der Waals surface area contributed by atoms with E-state index in [4.69, 9.17) is 0 Å². The first-order chi connectivity index (χ1) is 30.8. The maximum absolute atomic E-state index is 2.55. The lowest BCUT2D eigenvalue weighted by Gasteiger charge is -2.31. The van der Waals surface area contributed by atoms with Crippen LogP contribution in [-0.4, -0.2) is 0 Å². The lowest BCUT2D eigenvalue weighted by Crippen LogP contribution is -2.12. The molecule has 0 radical (unpaired) electrons. The minimum atomic E-state index is 1.11. The van der Waals surface area contributed by atoms with E-state index in [1.54, 1.807) is 0 Å². The van der Waals surface area contributed by atoms with E-state index in [1.165, 1.54) is 108 Å². The summed E-state index contributed by atoms with van der Waals surface area (Å²) in [5.41, 5.74) is 13.2. The molecule has 0 spiro atoms. The van der Waals surface area contributed by atoms with E-state index in [1.807, 2.05) is 11.3 Å². The van der Waals surface area contributed by atoms with E-state index in [0.29, 0.717) is 0 Å². The van der Waals surface area contributed by atoms with Crippen molar-refractivity contribution in [3.63, 3.8) is 0 Å². The number of thiophene rings is 1. The van der Waals surface area contributed by atoms with E-state index in [0.717, 1.165) is 5.69 Å². The van der Waals surface area contributed by atoms with E-state index in [2.05, 4.69) is 241 Å². The van der Waals surface area contributed by atoms with Gasteiger partial charge in [0, 0.05) is 32.1 Å². The molecule has 11 aromatic carbocycles. The molecule has 0 aliphatic heterocycles. The van der Waals surface area contributed by atoms with Crippen LogP contribution < -0.4 is 4.90 Å². The van der Waals surface area contributed by atoms with Crippen molar-refractivity contribution in [2.75, 3.05) is 4.90 Å². The van der Waals surface area contributed by atoms with E-state index < -0.39 is 0 Å². The molecule has 12 aromatic rings. The van der Waals surface area contributed by atoms with Gasteiger partial charge >= 0.3 is 0 Å². The minimum Gasteiger partial charge on any atom is -0.308 e. The zero-order valence-corrected chi connectivity index (χ0v) is 34.7. The van der Waals surface area contributed by atoms with Crippen molar-refractivity contribution in [1.29, 1.82) is 0 Å². The van der Waals surface area contributed by atoms with Crippen molar-refractivity contribution in [3.8, 4) is 44.5 Å². The van der Waals surface area contributed by atoms with Gasteiger partial charge in [0.25, 0.3) is 0 Å². The maximum Gasteiger partial charge on any atom is 0.0640 e. The van der Waals surface area contributed by atoms with Crippen LogP contribution in [0.15, 0.2) is 237 Å². The number of nitrogens with zero attached hydrogens (tertiary/aromatic N) is 1. The summed E-state index contributed by atoms with van der Waals surface area (Å²) >= 11 is 1.88. The number of fused-ring (bicyclic) bond motifs is 7. The molecule has 12 rings (SSSR count). The minimum absolute atomic E-state index is 1.11. The van der Waals surface area contributed by atoms with Crippen molar-refractivity contribution in [3.05, 3.63) is 237 Å². The first-order valence-corrected chi connectivity index (χ1v) is 22.1. The Morgan fingerprint density at radius 3 is 1.52 bits per heavy atom. The average molecular weight is 806 g/mol. The van der Waals surface area contributed by atoms with Crippen LogP contribution in [0, 0.1) is 0 Å². The van der Waals surface area contributed by atoms with Gasteiger partial charge in [0.15, 0.2) is 0 Å². The second-order valence-corrected chi connectivity index (χ2v) is 17.0. The van der Waals surface area contributed by atoms with Crippen LogP contribution in [0.25, 0.3) is 97.0 Å². The second-order valence-electron chi connectivity index (χ2n) is 16.0. The molecular weight excluding hydrogens is 767 g/mol. The summed E-state index contributed by atoms with van der Waals surface area (Å²) < 4.78 is 2.56. The molecule has 0 bridgehead atoms. The van der Waals surface area contributed by atoms with Gasteiger partial charge in [0.05, 0.1) is 16.1 Å². The molecule has 0 fully saturated rings. The maximum atomic E-state index is 2.55. The fraction of sp³-hybridized carbons (Fsp3) is 0. The third-order valence-electron chi connectivity index (χ3n) is 12.5. The molecule has 1 nitrogen and oxygen atoms in total. The summed E-state index contributed by atoms with van der Waals surface area (Å²) in [5.74, 6) is 0. The SMILES string of the molecule is c1ccc(-c2ccccc2-c2ccc(-c3ccc(N(c4c(-c5cccc6ccccc56)c5ccccc5c5ccccc45)c4cccc5c4sc4ccccc45)cc3)cc2)cc1. The molecule has 290 valence electrons. The Balaban J connectivity index is 1.08. The number of hydrogen-bond donors (Lipinski definition) is 0. The zero-order chi connectivity index (χ0) is 41.0. The van der Waals surface area contributed by atoms with Crippen LogP contribution in [-0.2, 0) is 0 Å². The lowest BCUT2D eigenvalue weighted by atomic mass is 9.88. The predicted molar refractivity (Wildman–Crippen MR) is 268 cm³/mol. The van der Waals surface area contributed by atoms with Crippen molar-refractivity contribution >= 4 is 80.9 Å². The Labute approximate surface area is 365 Å². The van der Waals surface area contributed by atoms with E-state index in [9.17, 15) is 0 Å². The number of benzene rings is 11. The monoisotopic (exact) mass is 805 g/mol. The van der Waals surface area contributed by atoms with Gasteiger partial charge in [0.1, 0.15) is 0 Å². The highest BCUT2D eigenvalue weighted by atomic mass is 32.1. The van der Waals surface area contributed by atoms with Crippen LogP contribution in [0.3, 0.4) is 0 Å². The van der Waals surface area contributed by atoms with Crippen molar-refractivity contribution in [2.24, 2.45) is 0 Å². The summed E-state index contributed by atoms with van der Waals surface area (Å²) in [6, 6.07) is 86.7. The van der Waals surface area contributed by atoms with Gasteiger partial charge in [-0.1, -0.05) is 212 Å². The average Bonchev–Trinajstić information content (AvgIpc) is 3.74. The van der Waals surface area contributed by atoms with Gasteiger partial charge in [-0.3, -0.25) is 0 Å². The van der Waals surface area contributed by atoms with Gasteiger partial charge in [-0.05, 0) is 90.1 Å². The lowest BCUT2D eigenvalue weighted by molar-refractivity contribution is 1.32. The van der Waals surface area contributed by atoms with Crippen LogP contribution in [0.1, 0.15) is 0 Å². The van der Waals surface area contributed by atoms with Crippen LogP contribution in [0.5, 0.6) is 0 Å². The van der Waals surface area contributed by atoms with Crippen molar-refractivity contribution in [2.45, 2.75) is 0 Å². The Bertz CT molecular complexity index is 3610. The summed E-state index contributed by atoms with van der Waals surface area (Å²) in [4.78, 5) is 2.55.